The predicted molar refractivity (Wildman–Crippen MR) is 65.3 cm³/mol. The maximum Gasteiger partial charge on any atom is 0.154 e. The van der Waals surface area contributed by atoms with Crippen molar-refractivity contribution < 1.29 is 8.42 Å². The van der Waals surface area contributed by atoms with Gasteiger partial charge in [0.25, 0.3) is 0 Å². The summed E-state index contributed by atoms with van der Waals surface area (Å²) in [6.07, 6.45) is 3.93. The van der Waals surface area contributed by atoms with Crippen LogP contribution in [0, 0.1) is 0 Å². The summed E-state index contributed by atoms with van der Waals surface area (Å²) in [7, 11) is -0.851. The molecule has 0 radical (unpaired) electrons. The van der Waals surface area contributed by atoms with Gasteiger partial charge in [-0.25, -0.2) is 8.42 Å². The Balaban J connectivity index is 1.96. The van der Waals surface area contributed by atoms with Gasteiger partial charge in [-0.15, -0.1) is 0 Å². The molecule has 1 unspecified atom stereocenters. The van der Waals surface area contributed by atoms with Crippen LogP contribution in [0.15, 0.2) is 0 Å². The van der Waals surface area contributed by atoms with Crippen molar-refractivity contribution in [2.45, 2.75) is 37.0 Å². The molecule has 5 heteroatoms. The molecule has 1 heterocycles. The molecule has 0 aromatic carbocycles. The van der Waals surface area contributed by atoms with Crippen molar-refractivity contribution in [2.24, 2.45) is 0 Å². The van der Waals surface area contributed by atoms with Gasteiger partial charge in [-0.2, -0.15) is 0 Å². The van der Waals surface area contributed by atoms with Gasteiger partial charge in [0.05, 0.1) is 11.0 Å². The fraction of sp³-hybridized carbons (Fsp3) is 1.00. The highest BCUT2D eigenvalue weighted by Crippen LogP contribution is 2.26. The van der Waals surface area contributed by atoms with Crippen LogP contribution in [-0.2, 0) is 9.84 Å². The molecular weight excluding hydrogens is 224 g/mol. The van der Waals surface area contributed by atoms with Crippen molar-refractivity contribution in [3.63, 3.8) is 0 Å². The number of piperazine rings is 1. The Morgan fingerprint density at radius 2 is 2.00 bits per heavy atom. The van der Waals surface area contributed by atoms with Gasteiger partial charge < -0.3 is 5.32 Å². The zero-order valence-electron chi connectivity index (χ0n) is 9.98. The van der Waals surface area contributed by atoms with Crippen molar-refractivity contribution >= 4 is 9.84 Å². The molecule has 0 amide bonds. The molecular formula is C11H22N2O2S. The molecule has 1 N–H and O–H groups in total. The number of hydrogen-bond acceptors (Lipinski definition) is 4. The van der Waals surface area contributed by atoms with Crippen LogP contribution in [0.4, 0.5) is 0 Å². The second-order valence-corrected chi connectivity index (χ2v) is 7.40. The van der Waals surface area contributed by atoms with E-state index in [1.54, 1.807) is 0 Å². The van der Waals surface area contributed by atoms with Gasteiger partial charge >= 0.3 is 0 Å². The number of rotatable bonds is 3. The first-order chi connectivity index (χ1) is 7.59. The van der Waals surface area contributed by atoms with Gasteiger partial charge in [0.2, 0.25) is 0 Å². The van der Waals surface area contributed by atoms with Gasteiger partial charge in [-0.3, -0.25) is 4.90 Å². The third-order valence-electron chi connectivity index (χ3n) is 3.88. The maximum absolute atomic E-state index is 12.2. The highest BCUT2D eigenvalue weighted by Gasteiger charge is 2.32. The fourth-order valence-corrected chi connectivity index (χ4v) is 4.93. The first-order valence-electron chi connectivity index (χ1n) is 6.22. The number of likely N-dealkylation sites (N-methyl/N-ethyl adjacent to an activating group) is 1. The third-order valence-corrected chi connectivity index (χ3v) is 6.22. The summed E-state index contributed by atoms with van der Waals surface area (Å²) in [5.41, 5.74) is 0. The van der Waals surface area contributed by atoms with E-state index in [0.29, 0.717) is 5.75 Å². The van der Waals surface area contributed by atoms with Crippen molar-refractivity contribution in [3.8, 4) is 0 Å². The molecule has 2 fully saturated rings. The summed E-state index contributed by atoms with van der Waals surface area (Å²) in [5.74, 6) is 0.334. The standard InChI is InChI=1S/C11H22N2O2S/c1-13-7-6-12-8-10(13)9-16(14,15)11-4-2-3-5-11/h10-12H,2-9H2,1H3. The van der Waals surface area contributed by atoms with E-state index in [4.69, 9.17) is 0 Å². The number of hydrogen-bond donors (Lipinski definition) is 1. The van der Waals surface area contributed by atoms with Crippen LogP contribution in [0.25, 0.3) is 0 Å². The minimum atomic E-state index is -2.87. The smallest absolute Gasteiger partial charge is 0.154 e. The second kappa shape index (κ2) is 5.02. The molecule has 0 aromatic rings. The van der Waals surface area contributed by atoms with Crippen LogP contribution in [0.2, 0.25) is 0 Å². The van der Waals surface area contributed by atoms with Crippen LogP contribution in [0.5, 0.6) is 0 Å². The highest BCUT2D eigenvalue weighted by atomic mass is 32.2. The molecule has 0 spiro atoms. The first kappa shape index (κ1) is 12.3. The van der Waals surface area contributed by atoms with Crippen LogP contribution < -0.4 is 5.32 Å². The normalized spacial score (nSPS) is 29.7. The zero-order valence-corrected chi connectivity index (χ0v) is 10.8. The van der Waals surface area contributed by atoms with E-state index in [1.165, 1.54) is 0 Å². The Morgan fingerprint density at radius 1 is 1.31 bits per heavy atom. The molecule has 1 saturated heterocycles. The van der Waals surface area contributed by atoms with E-state index < -0.39 is 9.84 Å². The molecule has 1 atom stereocenters. The molecule has 4 nitrogen and oxygen atoms in total. The van der Waals surface area contributed by atoms with Gasteiger partial charge in [-0.05, 0) is 19.9 Å². The fourth-order valence-electron chi connectivity index (χ4n) is 2.70. The van der Waals surface area contributed by atoms with Crippen molar-refractivity contribution in [1.82, 2.24) is 10.2 Å². The molecule has 2 rings (SSSR count). The molecule has 0 bridgehead atoms. The largest absolute Gasteiger partial charge is 0.314 e. The lowest BCUT2D eigenvalue weighted by Gasteiger charge is -2.33. The van der Waals surface area contributed by atoms with E-state index in [2.05, 4.69) is 10.2 Å². The number of nitrogens with one attached hydrogen (secondary N) is 1. The van der Waals surface area contributed by atoms with Crippen molar-refractivity contribution in [1.29, 1.82) is 0 Å². The highest BCUT2D eigenvalue weighted by molar-refractivity contribution is 7.92. The lowest BCUT2D eigenvalue weighted by Crippen LogP contribution is -2.52. The van der Waals surface area contributed by atoms with Crippen LogP contribution in [-0.4, -0.2) is 57.0 Å². The van der Waals surface area contributed by atoms with Gasteiger partial charge in [-0.1, -0.05) is 12.8 Å². The SMILES string of the molecule is CN1CCNCC1CS(=O)(=O)C1CCCC1. The Morgan fingerprint density at radius 3 is 2.62 bits per heavy atom. The maximum atomic E-state index is 12.2. The predicted octanol–water partition coefficient (Wildman–Crippen LogP) is 0.247. The van der Waals surface area contributed by atoms with E-state index >= 15 is 0 Å². The molecule has 0 aromatic heterocycles. The molecule has 16 heavy (non-hydrogen) atoms. The number of nitrogens with zero attached hydrogens (tertiary/aromatic N) is 1. The quantitative estimate of drug-likeness (QED) is 0.775. The topological polar surface area (TPSA) is 49.4 Å². The van der Waals surface area contributed by atoms with E-state index in [9.17, 15) is 8.42 Å². The monoisotopic (exact) mass is 246 g/mol. The van der Waals surface area contributed by atoms with Crippen LogP contribution >= 0.6 is 0 Å². The van der Waals surface area contributed by atoms with Gasteiger partial charge in [0.1, 0.15) is 0 Å². The minimum absolute atomic E-state index is 0.0529. The Bertz CT molecular complexity index is 323. The van der Waals surface area contributed by atoms with E-state index in [0.717, 1.165) is 45.3 Å². The second-order valence-electron chi connectivity index (χ2n) is 5.07. The zero-order chi connectivity index (χ0) is 11.6. The number of sulfone groups is 1. The molecule has 2 aliphatic rings. The third kappa shape index (κ3) is 2.76. The summed E-state index contributed by atoms with van der Waals surface area (Å²) in [6.45, 7) is 2.73. The summed E-state index contributed by atoms with van der Waals surface area (Å²) in [4.78, 5) is 2.17. The van der Waals surface area contributed by atoms with Gasteiger partial charge in [0, 0.05) is 25.7 Å². The average molecular weight is 246 g/mol. The van der Waals surface area contributed by atoms with Crippen LogP contribution in [0.3, 0.4) is 0 Å². The van der Waals surface area contributed by atoms with Crippen molar-refractivity contribution in [3.05, 3.63) is 0 Å². The average Bonchev–Trinajstić information content (AvgIpc) is 2.75. The summed E-state index contributed by atoms with van der Waals surface area (Å²) >= 11 is 0. The Kier molecular flexibility index (Phi) is 3.87. The van der Waals surface area contributed by atoms with Crippen LogP contribution in [0.1, 0.15) is 25.7 Å². The molecule has 1 aliphatic carbocycles. The summed E-state index contributed by atoms with van der Waals surface area (Å²) in [5, 5.41) is 3.22. The van der Waals surface area contributed by atoms with Gasteiger partial charge in [0.15, 0.2) is 9.84 Å². The lowest BCUT2D eigenvalue weighted by atomic mass is 10.2. The van der Waals surface area contributed by atoms with Crippen molar-refractivity contribution in [2.75, 3.05) is 32.4 Å². The summed E-state index contributed by atoms with van der Waals surface area (Å²) in [6, 6.07) is 0.166. The lowest BCUT2D eigenvalue weighted by molar-refractivity contribution is 0.216. The van der Waals surface area contributed by atoms with E-state index in [-0.39, 0.29) is 11.3 Å². The Labute approximate surface area is 98.3 Å². The molecule has 1 saturated carbocycles. The minimum Gasteiger partial charge on any atom is -0.314 e. The summed E-state index contributed by atoms with van der Waals surface area (Å²) < 4.78 is 24.4. The Hall–Kier alpha value is -0.130. The van der Waals surface area contributed by atoms with E-state index in [1.807, 2.05) is 7.05 Å². The molecule has 1 aliphatic heterocycles. The molecule has 94 valence electrons. The first-order valence-corrected chi connectivity index (χ1v) is 7.93.